The monoisotopic (exact) mass is 271 g/mol. The van der Waals surface area contributed by atoms with Crippen molar-refractivity contribution in [3.05, 3.63) is 40.4 Å². The number of hydrogen-bond acceptors (Lipinski definition) is 5. The maximum absolute atomic E-state index is 12.1. The fourth-order valence-corrected chi connectivity index (χ4v) is 2.13. The van der Waals surface area contributed by atoms with E-state index in [-0.39, 0.29) is 11.5 Å². The van der Waals surface area contributed by atoms with Crippen LogP contribution in [0.3, 0.4) is 0 Å². The van der Waals surface area contributed by atoms with Crippen LogP contribution in [0.2, 0.25) is 0 Å². The van der Waals surface area contributed by atoms with Gasteiger partial charge in [-0.15, -0.1) is 0 Å². The summed E-state index contributed by atoms with van der Waals surface area (Å²) in [4.78, 5) is 23.1. The smallest absolute Gasteiger partial charge is 0.277 e. The molecule has 0 unspecified atom stereocenters. The molecule has 0 atom stereocenters. The number of methoxy groups -OCH3 is 1. The molecule has 0 aliphatic rings. The molecule has 0 fully saturated rings. The Morgan fingerprint density at radius 3 is 2.90 bits per heavy atom. The van der Waals surface area contributed by atoms with Crippen LogP contribution in [0.25, 0.3) is 16.9 Å². The minimum atomic E-state index is -0.278. The largest absolute Gasteiger partial charge is 0.497 e. The van der Waals surface area contributed by atoms with Gasteiger partial charge >= 0.3 is 0 Å². The van der Waals surface area contributed by atoms with E-state index in [1.54, 1.807) is 24.7 Å². The van der Waals surface area contributed by atoms with Gasteiger partial charge in [0.25, 0.3) is 5.56 Å². The molecule has 0 bridgehead atoms. The second-order valence-electron chi connectivity index (χ2n) is 4.33. The van der Waals surface area contributed by atoms with Gasteiger partial charge in [-0.2, -0.15) is 4.98 Å². The zero-order valence-corrected chi connectivity index (χ0v) is 11.0. The first-order valence-corrected chi connectivity index (χ1v) is 5.99. The maximum Gasteiger partial charge on any atom is 0.277 e. The van der Waals surface area contributed by atoms with Crippen LogP contribution < -0.4 is 16.0 Å². The highest BCUT2D eigenvalue weighted by atomic mass is 16.5. The van der Waals surface area contributed by atoms with Crippen molar-refractivity contribution in [2.24, 2.45) is 0 Å². The highest BCUT2D eigenvalue weighted by Crippen LogP contribution is 2.22. The van der Waals surface area contributed by atoms with E-state index in [4.69, 9.17) is 10.5 Å². The van der Waals surface area contributed by atoms with Gasteiger partial charge in [0, 0.05) is 6.07 Å². The Balaban J connectivity index is 2.36. The van der Waals surface area contributed by atoms with Crippen LogP contribution in [0.15, 0.2) is 29.1 Å². The first-order valence-electron chi connectivity index (χ1n) is 5.99. The number of aromatic amines is 1. The van der Waals surface area contributed by atoms with Crippen molar-refractivity contribution >= 4 is 17.1 Å². The molecule has 3 aromatic rings. The van der Waals surface area contributed by atoms with E-state index < -0.39 is 0 Å². The molecular weight excluding hydrogens is 258 g/mol. The molecule has 20 heavy (non-hydrogen) atoms. The number of fused-ring (bicyclic) bond motifs is 1. The number of ether oxygens (including phenoxy) is 1. The number of anilines is 1. The number of nitrogens with zero attached hydrogens (tertiary/aromatic N) is 3. The SMILES string of the molecule is COc1cccc(-n2c(N)nc3nc(C)[nH]c(=O)c32)c1. The van der Waals surface area contributed by atoms with Crippen molar-refractivity contribution in [2.75, 3.05) is 12.8 Å². The number of rotatable bonds is 2. The third kappa shape index (κ3) is 1.80. The summed E-state index contributed by atoms with van der Waals surface area (Å²) in [6, 6.07) is 7.22. The second-order valence-corrected chi connectivity index (χ2v) is 4.33. The fourth-order valence-electron chi connectivity index (χ4n) is 2.13. The molecule has 0 spiro atoms. The van der Waals surface area contributed by atoms with Gasteiger partial charge in [0.05, 0.1) is 12.8 Å². The first kappa shape index (κ1) is 12.2. The Labute approximate surface area is 114 Å². The predicted octanol–water partition coefficient (Wildman–Crippen LogP) is 1.01. The number of aromatic nitrogens is 4. The summed E-state index contributed by atoms with van der Waals surface area (Å²) in [6.07, 6.45) is 0. The zero-order valence-electron chi connectivity index (χ0n) is 11.0. The van der Waals surface area contributed by atoms with Crippen molar-refractivity contribution in [1.82, 2.24) is 19.5 Å². The number of nitrogens with one attached hydrogen (secondary N) is 1. The van der Waals surface area contributed by atoms with E-state index in [0.29, 0.717) is 28.4 Å². The van der Waals surface area contributed by atoms with Gasteiger partial charge < -0.3 is 15.5 Å². The zero-order chi connectivity index (χ0) is 14.3. The molecule has 7 heteroatoms. The summed E-state index contributed by atoms with van der Waals surface area (Å²) in [5, 5.41) is 0. The topological polar surface area (TPSA) is 98.8 Å². The molecule has 3 N–H and O–H groups in total. The Morgan fingerprint density at radius 2 is 2.15 bits per heavy atom. The van der Waals surface area contributed by atoms with Crippen molar-refractivity contribution in [3.8, 4) is 11.4 Å². The normalized spacial score (nSPS) is 10.9. The molecule has 0 saturated carbocycles. The summed E-state index contributed by atoms with van der Waals surface area (Å²) in [5.41, 5.74) is 6.98. The predicted molar refractivity (Wildman–Crippen MR) is 75.2 cm³/mol. The number of H-pyrrole nitrogens is 1. The molecule has 7 nitrogen and oxygen atoms in total. The lowest BCUT2D eigenvalue weighted by atomic mass is 10.3. The highest BCUT2D eigenvalue weighted by Gasteiger charge is 2.15. The summed E-state index contributed by atoms with van der Waals surface area (Å²) in [5.74, 6) is 1.37. The molecule has 0 radical (unpaired) electrons. The molecule has 2 heterocycles. The van der Waals surface area contributed by atoms with Crippen LogP contribution in [0.5, 0.6) is 5.75 Å². The van der Waals surface area contributed by atoms with E-state index in [1.165, 1.54) is 0 Å². The van der Waals surface area contributed by atoms with Gasteiger partial charge in [0.15, 0.2) is 11.2 Å². The molecule has 0 aliphatic carbocycles. The maximum atomic E-state index is 12.1. The van der Waals surface area contributed by atoms with E-state index in [2.05, 4.69) is 15.0 Å². The molecule has 0 amide bonds. The van der Waals surface area contributed by atoms with Crippen LogP contribution in [-0.4, -0.2) is 26.6 Å². The van der Waals surface area contributed by atoms with Crippen molar-refractivity contribution in [3.63, 3.8) is 0 Å². The summed E-state index contributed by atoms with van der Waals surface area (Å²) < 4.78 is 6.74. The standard InChI is InChI=1S/C13H13N5O2/c1-7-15-11-10(12(19)16-7)18(13(14)17-11)8-4-3-5-9(6-8)20-2/h3-6H,1-2H3,(H3,14,15,16,17,19). The van der Waals surface area contributed by atoms with Crippen molar-refractivity contribution in [2.45, 2.75) is 6.92 Å². The molecule has 1 aromatic carbocycles. The van der Waals surface area contributed by atoms with Gasteiger partial charge in [-0.05, 0) is 19.1 Å². The van der Waals surface area contributed by atoms with Crippen LogP contribution in [0, 0.1) is 6.92 Å². The minimum Gasteiger partial charge on any atom is -0.497 e. The summed E-state index contributed by atoms with van der Waals surface area (Å²) in [7, 11) is 1.58. The van der Waals surface area contributed by atoms with Crippen LogP contribution in [0.1, 0.15) is 5.82 Å². The molecule has 0 saturated heterocycles. The highest BCUT2D eigenvalue weighted by molar-refractivity contribution is 5.76. The van der Waals surface area contributed by atoms with Gasteiger partial charge in [0.1, 0.15) is 11.6 Å². The van der Waals surface area contributed by atoms with Crippen molar-refractivity contribution < 1.29 is 4.74 Å². The van der Waals surface area contributed by atoms with Gasteiger partial charge in [-0.1, -0.05) is 6.07 Å². The molecular formula is C13H13N5O2. The molecule has 0 aliphatic heterocycles. The number of imidazole rings is 1. The number of nitrogens with two attached hydrogens (primary N) is 1. The Morgan fingerprint density at radius 1 is 1.35 bits per heavy atom. The average molecular weight is 271 g/mol. The Bertz CT molecular complexity index is 850. The van der Waals surface area contributed by atoms with Gasteiger partial charge in [-0.25, -0.2) is 4.98 Å². The lowest BCUT2D eigenvalue weighted by Gasteiger charge is -2.07. The number of aryl methyl sites for hydroxylation is 1. The number of nitrogen functional groups attached to an aromatic ring is 1. The molecule has 2 aromatic heterocycles. The van der Waals surface area contributed by atoms with Crippen LogP contribution >= 0.6 is 0 Å². The fraction of sp³-hybridized carbons (Fsp3) is 0.154. The van der Waals surface area contributed by atoms with Crippen LogP contribution in [0.4, 0.5) is 5.95 Å². The lowest BCUT2D eigenvalue weighted by Crippen LogP contribution is -2.13. The van der Waals surface area contributed by atoms with E-state index in [1.807, 2.05) is 18.2 Å². The summed E-state index contributed by atoms with van der Waals surface area (Å²) >= 11 is 0. The molecule has 102 valence electrons. The van der Waals surface area contributed by atoms with Gasteiger partial charge in [0.2, 0.25) is 5.95 Å². The first-order chi connectivity index (χ1) is 9.60. The van der Waals surface area contributed by atoms with E-state index in [9.17, 15) is 4.79 Å². The number of hydrogen-bond donors (Lipinski definition) is 2. The summed E-state index contributed by atoms with van der Waals surface area (Å²) in [6.45, 7) is 1.70. The third-order valence-electron chi connectivity index (χ3n) is 2.98. The second kappa shape index (κ2) is 4.37. The van der Waals surface area contributed by atoms with E-state index >= 15 is 0 Å². The quantitative estimate of drug-likeness (QED) is 0.724. The number of benzene rings is 1. The lowest BCUT2D eigenvalue weighted by molar-refractivity contribution is 0.414. The Hall–Kier alpha value is -2.83. The third-order valence-corrected chi connectivity index (χ3v) is 2.98. The Kier molecular flexibility index (Phi) is 2.67. The average Bonchev–Trinajstić information content (AvgIpc) is 2.75. The molecule has 3 rings (SSSR count). The van der Waals surface area contributed by atoms with Gasteiger partial charge in [-0.3, -0.25) is 9.36 Å². The van der Waals surface area contributed by atoms with E-state index in [0.717, 1.165) is 0 Å². The minimum absolute atomic E-state index is 0.205. The van der Waals surface area contributed by atoms with Crippen molar-refractivity contribution in [1.29, 1.82) is 0 Å². The van der Waals surface area contributed by atoms with Crippen LogP contribution in [-0.2, 0) is 0 Å².